The van der Waals surface area contributed by atoms with E-state index in [9.17, 15) is 0 Å². The molecule has 0 saturated carbocycles. The average molecular weight is 325 g/mol. The Kier molecular flexibility index (Phi) is 7.30. The van der Waals surface area contributed by atoms with Crippen molar-refractivity contribution in [1.29, 1.82) is 0 Å². The second-order valence-corrected chi connectivity index (χ2v) is 6.07. The zero-order valence-corrected chi connectivity index (χ0v) is 13.7. The van der Waals surface area contributed by atoms with Gasteiger partial charge in [-0.3, -0.25) is 0 Å². The van der Waals surface area contributed by atoms with Crippen molar-refractivity contribution in [3.63, 3.8) is 0 Å². The number of hydrogen-bond donors (Lipinski definition) is 1. The van der Waals surface area contributed by atoms with Crippen LogP contribution in [0, 0.1) is 5.92 Å². The maximum absolute atomic E-state index is 6.09. The molecule has 5 heteroatoms. The SMILES string of the molecule is CCCNC(COc1c(Cl)cc(Cl)cc1Cl)C(C)C. The summed E-state index contributed by atoms with van der Waals surface area (Å²) in [6.45, 7) is 7.94. The zero-order chi connectivity index (χ0) is 14.4. The summed E-state index contributed by atoms with van der Waals surface area (Å²) >= 11 is 18.0. The van der Waals surface area contributed by atoms with Crippen molar-refractivity contribution in [2.45, 2.75) is 33.2 Å². The van der Waals surface area contributed by atoms with Gasteiger partial charge in [0.2, 0.25) is 0 Å². The van der Waals surface area contributed by atoms with Crippen LogP contribution in [0.5, 0.6) is 5.75 Å². The normalized spacial score (nSPS) is 12.8. The first-order valence-electron chi connectivity index (χ1n) is 6.46. The number of nitrogens with one attached hydrogen (secondary N) is 1. The van der Waals surface area contributed by atoms with Crippen molar-refractivity contribution in [2.24, 2.45) is 5.92 Å². The molecule has 1 atom stereocenters. The number of halogens is 3. The highest BCUT2D eigenvalue weighted by molar-refractivity contribution is 6.40. The molecule has 0 aliphatic rings. The summed E-state index contributed by atoms with van der Waals surface area (Å²) in [4.78, 5) is 0. The maximum atomic E-state index is 6.09. The molecule has 0 aliphatic carbocycles. The minimum absolute atomic E-state index is 0.266. The molecule has 0 amide bonds. The van der Waals surface area contributed by atoms with Gasteiger partial charge in [-0.1, -0.05) is 55.6 Å². The minimum Gasteiger partial charge on any atom is -0.489 e. The third kappa shape index (κ3) is 5.39. The van der Waals surface area contributed by atoms with Crippen molar-refractivity contribution in [3.8, 4) is 5.75 Å². The van der Waals surface area contributed by atoms with Crippen LogP contribution < -0.4 is 10.1 Å². The van der Waals surface area contributed by atoms with Crippen molar-refractivity contribution in [3.05, 3.63) is 27.2 Å². The predicted octanol–water partition coefficient (Wildman–Crippen LogP) is 5.05. The van der Waals surface area contributed by atoms with E-state index in [0.717, 1.165) is 13.0 Å². The highest BCUT2D eigenvalue weighted by Crippen LogP contribution is 2.35. The molecule has 1 aromatic rings. The lowest BCUT2D eigenvalue weighted by atomic mass is 10.1. The van der Waals surface area contributed by atoms with Crippen molar-refractivity contribution in [1.82, 2.24) is 5.32 Å². The first-order chi connectivity index (χ1) is 8.95. The molecule has 1 aromatic carbocycles. The Labute approximate surface area is 130 Å². The Bertz CT molecular complexity index is 387. The Hall–Kier alpha value is -0.150. The van der Waals surface area contributed by atoms with Crippen LogP contribution in [-0.2, 0) is 0 Å². The fourth-order valence-electron chi connectivity index (χ4n) is 1.66. The average Bonchev–Trinajstić information content (AvgIpc) is 2.31. The summed E-state index contributed by atoms with van der Waals surface area (Å²) in [5.41, 5.74) is 0. The molecule has 0 aromatic heterocycles. The van der Waals surface area contributed by atoms with Gasteiger partial charge in [0.05, 0.1) is 10.0 Å². The van der Waals surface area contributed by atoms with Gasteiger partial charge in [0, 0.05) is 11.1 Å². The van der Waals surface area contributed by atoms with E-state index >= 15 is 0 Å². The summed E-state index contributed by atoms with van der Waals surface area (Å²) in [5, 5.41) is 4.84. The first-order valence-corrected chi connectivity index (χ1v) is 7.59. The molecule has 108 valence electrons. The molecule has 1 rings (SSSR count). The van der Waals surface area contributed by atoms with E-state index < -0.39 is 0 Å². The summed E-state index contributed by atoms with van der Waals surface area (Å²) < 4.78 is 5.76. The monoisotopic (exact) mass is 323 g/mol. The van der Waals surface area contributed by atoms with E-state index in [1.165, 1.54) is 0 Å². The highest BCUT2D eigenvalue weighted by atomic mass is 35.5. The summed E-state index contributed by atoms with van der Waals surface area (Å²) in [5.74, 6) is 0.966. The van der Waals surface area contributed by atoms with E-state index in [1.807, 2.05) is 0 Å². The van der Waals surface area contributed by atoms with Gasteiger partial charge in [-0.05, 0) is 31.0 Å². The van der Waals surface area contributed by atoms with E-state index in [0.29, 0.717) is 33.3 Å². The highest BCUT2D eigenvalue weighted by Gasteiger charge is 2.16. The van der Waals surface area contributed by atoms with E-state index in [2.05, 4.69) is 26.1 Å². The Morgan fingerprint density at radius 2 is 1.74 bits per heavy atom. The largest absolute Gasteiger partial charge is 0.489 e. The molecular formula is C14H20Cl3NO. The van der Waals surface area contributed by atoms with Crippen LogP contribution in [0.15, 0.2) is 12.1 Å². The van der Waals surface area contributed by atoms with Crippen molar-refractivity contribution < 1.29 is 4.74 Å². The van der Waals surface area contributed by atoms with Crippen LogP contribution in [0.2, 0.25) is 15.1 Å². The van der Waals surface area contributed by atoms with Gasteiger partial charge >= 0.3 is 0 Å². The van der Waals surface area contributed by atoms with Crippen LogP contribution in [0.1, 0.15) is 27.2 Å². The smallest absolute Gasteiger partial charge is 0.156 e. The quantitative estimate of drug-likeness (QED) is 0.758. The van der Waals surface area contributed by atoms with E-state index in [-0.39, 0.29) is 6.04 Å². The number of rotatable bonds is 7. The predicted molar refractivity (Wildman–Crippen MR) is 83.9 cm³/mol. The molecule has 0 aliphatic heterocycles. The molecular weight excluding hydrogens is 305 g/mol. The van der Waals surface area contributed by atoms with Gasteiger partial charge < -0.3 is 10.1 Å². The van der Waals surface area contributed by atoms with Crippen molar-refractivity contribution in [2.75, 3.05) is 13.2 Å². The molecule has 19 heavy (non-hydrogen) atoms. The molecule has 0 saturated heterocycles. The second kappa shape index (κ2) is 8.21. The molecule has 0 spiro atoms. The fourth-order valence-corrected chi connectivity index (χ4v) is 2.58. The Morgan fingerprint density at radius 3 is 2.21 bits per heavy atom. The summed E-state index contributed by atoms with van der Waals surface area (Å²) in [7, 11) is 0. The molecule has 1 unspecified atom stereocenters. The second-order valence-electron chi connectivity index (χ2n) is 4.81. The lowest BCUT2D eigenvalue weighted by molar-refractivity contribution is 0.231. The molecule has 0 radical (unpaired) electrons. The lowest BCUT2D eigenvalue weighted by Gasteiger charge is -2.23. The van der Waals surface area contributed by atoms with Crippen molar-refractivity contribution >= 4 is 34.8 Å². The Balaban J connectivity index is 2.69. The molecule has 1 N–H and O–H groups in total. The molecule has 2 nitrogen and oxygen atoms in total. The number of ether oxygens (including phenoxy) is 1. The third-order valence-electron chi connectivity index (χ3n) is 2.83. The van der Waals surface area contributed by atoms with Crippen LogP contribution in [0.4, 0.5) is 0 Å². The van der Waals surface area contributed by atoms with Crippen LogP contribution in [0.3, 0.4) is 0 Å². The lowest BCUT2D eigenvalue weighted by Crippen LogP contribution is -2.39. The van der Waals surface area contributed by atoms with Gasteiger partial charge in [-0.2, -0.15) is 0 Å². The van der Waals surface area contributed by atoms with Crippen LogP contribution in [-0.4, -0.2) is 19.2 Å². The Morgan fingerprint density at radius 1 is 1.16 bits per heavy atom. The van der Waals surface area contributed by atoms with Gasteiger partial charge in [0.25, 0.3) is 0 Å². The van der Waals surface area contributed by atoms with E-state index in [1.54, 1.807) is 12.1 Å². The summed E-state index contributed by atoms with van der Waals surface area (Å²) in [6, 6.07) is 3.53. The number of benzene rings is 1. The molecule has 0 fully saturated rings. The van der Waals surface area contributed by atoms with Gasteiger partial charge in [-0.25, -0.2) is 0 Å². The molecule has 0 bridgehead atoms. The van der Waals surface area contributed by atoms with Crippen LogP contribution in [0.25, 0.3) is 0 Å². The van der Waals surface area contributed by atoms with Gasteiger partial charge in [0.15, 0.2) is 5.75 Å². The zero-order valence-electron chi connectivity index (χ0n) is 11.5. The van der Waals surface area contributed by atoms with Crippen LogP contribution >= 0.6 is 34.8 Å². The summed E-state index contributed by atoms with van der Waals surface area (Å²) in [6.07, 6.45) is 1.09. The van der Waals surface area contributed by atoms with Gasteiger partial charge in [-0.15, -0.1) is 0 Å². The topological polar surface area (TPSA) is 21.3 Å². The van der Waals surface area contributed by atoms with Gasteiger partial charge in [0.1, 0.15) is 6.61 Å². The van der Waals surface area contributed by atoms with E-state index in [4.69, 9.17) is 39.5 Å². The minimum atomic E-state index is 0.266. The maximum Gasteiger partial charge on any atom is 0.156 e. The molecule has 0 heterocycles. The standard InChI is InChI=1S/C14H20Cl3NO/c1-4-5-18-13(9(2)3)8-19-14-11(16)6-10(15)7-12(14)17/h6-7,9,13,18H,4-5,8H2,1-3H3. The third-order valence-corrected chi connectivity index (χ3v) is 3.61. The first kappa shape index (κ1) is 16.9. The fraction of sp³-hybridized carbons (Fsp3) is 0.571. The number of hydrogen-bond acceptors (Lipinski definition) is 2.